The van der Waals surface area contributed by atoms with E-state index in [1.54, 1.807) is 42.6 Å². The molecule has 11 heteroatoms. The fourth-order valence-corrected chi connectivity index (χ4v) is 3.96. The number of carbonyl (C=O) groups is 2. The number of urea groups is 2. The molecule has 0 atom stereocenters. The number of methoxy groups -OCH3 is 2. The van der Waals surface area contributed by atoms with Gasteiger partial charge in [0, 0.05) is 42.1 Å². The molecule has 188 valence electrons. The van der Waals surface area contributed by atoms with Gasteiger partial charge < -0.3 is 19.5 Å². The van der Waals surface area contributed by atoms with Crippen LogP contribution < -0.4 is 24.4 Å². The normalized spacial score (nSPS) is 13.1. The number of ether oxygens (including phenoxy) is 3. The van der Waals surface area contributed by atoms with Crippen molar-refractivity contribution in [3.63, 3.8) is 0 Å². The van der Waals surface area contributed by atoms with Crippen LogP contribution in [-0.4, -0.2) is 54.2 Å². The second kappa shape index (κ2) is 9.97. The van der Waals surface area contributed by atoms with Crippen molar-refractivity contribution in [3.8, 4) is 23.0 Å². The Bertz CT molecular complexity index is 1480. The summed E-state index contributed by atoms with van der Waals surface area (Å²) < 4.78 is 31.4. The van der Waals surface area contributed by atoms with E-state index < -0.39 is 17.9 Å². The first-order valence-electron chi connectivity index (χ1n) is 11.3. The third-order valence-corrected chi connectivity index (χ3v) is 5.79. The van der Waals surface area contributed by atoms with Crippen LogP contribution in [0.5, 0.6) is 23.0 Å². The maximum absolute atomic E-state index is 15.0. The number of hydrogen-bond acceptors (Lipinski definition) is 7. The van der Waals surface area contributed by atoms with E-state index in [0.29, 0.717) is 40.5 Å². The molecule has 1 aliphatic heterocycles. The monoisotopic (exact) mass is 503 g/mol. The van der Waals surface area contributed by atoms with Gasteiger partial charge in [0.15, 0.2) is 23.1 Å². The van der Waals surface area contributed by atoms with Gasteiger partial charge in [-0.1, -0.05) is 6.07 Å². The molecule has 2 aromatic carbocycles. The zero-order chi connectivity index (χ0) is 25.9. The number of nitrogens with zero attached hydrogens (tertiary/aromatic N) is 4. The number of amides is 4. The van der Waals surface area contributed by atoms with Crippen LogP contribution in [-0.2, 0) is 0 Å². The number of fused-ring (bicyclic) bond motifs is 1. The van der Waals surface area contributed by atoms with Crippen LogP contribution in [0.1, 0.15) is 0 Å². The number of carbonyl (C=O) groups excluding carboxylic acids is 2. The Kier molecular flexibility index (Phi) is 6.42. The highest BCUT2D eigenvalue weighted by Gasteiger charge is 2.34. The van der Waals surface area contributed by atoms with Gasteiger partial charge >= 0.3 is 12.1 Å². The fourth-order valence-electron chi connectivity index (χ4n) is 3.96. The van der Waals surface area contributed by atoms with E-state index in [1.807, 2.05) is 0 Å². The zero-order valence-corrected chi connectivity index (χ0v) is 20.0. The summed E-state index contributed by atoms with van der Waals surface area (Å²) >= 11 is 0. The van der Waals surface area contributed by atoms with Crippen LogP contribution in [0.3, 0.4) is 0 Å². The lowest BCUT2D eigenvalue weighted by Crippen LogP contribution is -2.39. The predicted octanol–water partition coefficient (Wildman–Crippen LogP) is 5.05. The van der Waals surface area contributed by atoms with Crippen LogP contribution in [0.2, 0.25) is 0 Å². The van der Waals surface area contributed by atoms with Crippen LogP contribution in [0.15, 0.2) is 67.0 Å². The average molecular weight is 503 g/mol. The van der Waals surface area contributed by atoms with E-state index in [2.05, 4.69) is 15.3 Å². The summed E-state index contributed by atoms with van der Waals surface area (Å²) in [4.78, 5) is 36.3. The van der Waals surface area contributed by atoms with Crippen molar-refractivity contribution in [1.29, 1.82) is 0 Å². The van der Waals surface area contributed by atoms with Gasteiger partial charge in [-0.2, -0.15) is 0 Å². The van der Waals surface area contributed by atoms with Gasteiger partial charge in [-0.05, 0) is 36.4 Å². The van der Waals surface area contributed by atoms with Gasteiger partial charge in [0.2, 0.25) is 0 Å². The van der Waals surface area contributed by atoms with Crippen molar-refractivity contribution in [3.05, 3.63) is 72.8 Å². The molecule has 10 nitrogen and oxygen atoms in total. The molecular weight excluding hydrogens is 481 g/mol. The van der Waals surface area contributed by atoms with Crippen molar-refractivity contribution < 1.29 is 28.2 Å². The van der Waals surface area contributed by atoms with E-state index in [9.17, 15) is 14.0 Å². The van der Waals surface area contributed by atoms with Crippen LogP contribution >= 0.6 is 0 Å². The molecule has 0 aliphatic carbocycles. The van der Waals surface area contributed by atoms with Gasteiger partial charge in [0.25, 0.3) is 0 Å². The first kappa shape index (κ1) is 23.8. The molecule has 0 radical (unpaired) electrons. The van der Waals surface area contributed by atoms with E-state index >= 15 is 0 Å². The maximum atomic E-state index is 15.0. The van der Waals surface area contributed by atoms with Gasteiger partial charge in [-0.25, -0.2) is 23.9 Å². The number of nitrogens with one attached hydrogen (secondary N) is 1. The molecule has 5 rings (SSSR count). The van der Waals surface area contributed by atoms with Gasteiger partial charge in [-0.3, -0.25) is 9.88 Å². The predicted molar refractivity (Wildman–Crippen MR) is 134 cm³/mol. The molecule has 0 unspecified atom stereocenters. The minimum Gasteiger partial charge on any atom is -0.493 e. The minimum absolute atomic E-state index is 0.0566. The summed E-state index contributed by atoms with van der Waals surface area (Å²) in [5, 5.41) is 3.16. The average Bonchev–Trinajstić information content (AvgIpc) is 3.31. The zero-order valence-electron chi connectivity index (χ0n) is 20.0. The summed E-state index contributed by atoms with van der Waals surface area (Å²) in [5.74, 6) is 1.04. The molecule has 2 aromatic heterocycles. The van der Waals surface area contributed by atoms with Crippen molar-refractivity contribution in [2.24, 2.45) is 0 Å². The SMILES string of the molecule is COc1cc2nccc(Oc3ccc(NC(=O)N4CCN(c5ccccn5)C4=O)cc3F)c2cc1OC. The Balaban J connectivity index is 1.31. The Hall–Kier alpha value is -4.93. The summed E-state index contributed by atoms with van der Waals surface area (Å²) in [6.45, 7) is 0.481. The molecule has 0 spiro atoms. The first-order chi connectivity index (χ1) is 18.0. The molecule has 1 saturated heterocycles. The molecule has 0 saturated carbocycles. The third kappa shape index (κ3) is 4.66. The lowest BCUT2D eigenvalue weighted by molar-refractivity contribution is 0.209. The van der Waals surface area contributed by atoms with E-state index in [0.717, 1.165) is 11.0 Å². The Labute approximate surface area is 211 Å². The molecule has 4 amide bonds. The minimum atomic E-state index is -0.703. The van der Waals surface area contributed by atoms with Crippen molar-refractivity contribution in [1.82, 2.24) is 14.9 Å². The number of aromatic nitrogens is 2. The Morgan fingerprint density at radius 3 is 2.46 bits per heavy atom. The summed E-state index contributed by atoms with van der Waals surface area (Å²) in [6, 6.07) is 13.0. The second-order valence-electron chi connectivity index (χ2n) is 7.98. The number of rotatable bonds is 6. The molecule has 4 aromatic rings. The molecule has 1 aliphatic rings. The van der Waals surface area contributed by atoms with Crippen LogP contribution in [0, 0.1) is 5.82 Å². The third-order valence-electron chi connectivity index (χ3n) is 5.79. The number of hydrogen-bond donors (Lipinski definition) is 1. The first-order valence-corrected chi connectivity index (χ1v) is 11.3. The Morgan fingerprint density at radius 1 is 0.919 bits per heavy atom. The highest BCUT2D eigenvalue weighted by molar-refractivity contribution is 6.07. The number of anilines is 2. The van der Waals surface area contributed by atoms with Gasteiger partial charge in [0.05, 0.1) is 26.3 Å². The van der Waals surface area contributed by atoms with Gasteiger partial charge in [-0.15, -0.1) is 0 Å². The smallest absolute Gasteiger partial charge is 0.333 e. The lowest BCUT2D eigenvalue weighted by Gasteiger charge is -2.17. The highest BCUT2D eigenvalue weighted by Crippen LogP contribution is 2.37. The molecule has 37 heavy (non-hydrogen) atoms. The van der Waals surface area contributed by atoms with E-state index in [1.165, 1.54) is 37.4 Å². The second-order valence-corrected chi connectivity index (χ2v) is 7.98. The number of halogens is 1. The highest BCUT2D eigenvalue weighted by atomic mass is 19.1. The standard InChI is InChI=1S/C26H22FN5O5/c1-35-22-14-17-19(15-23(22)36-2)28-10-8-20(17)37-21-7-6-16(13-18(21)27)30-25(33)32-12-11-31(26(32)34)24-5-3-4-9-29-24/h3-10,13-15H,11-12H2,1-2H3,(H,30,33). The van der Waals surface area contributed by atoms with Crippen molar-refractivity contribution in [2.45, 2.75) is 0 Å². The molecule has 1 fully saturated rings. The number of pyridine rings is 2. The molecule has 3 heterocycles. The summed E-state index contributed by atoms with van der Waals surface area (Å²) in [5.41, 5.74) is 0.749. The quantitative estimate of drug-likeness (QED) is 0.392. The molecular formula is C26H22FN5O5. The van der Waals surface area contributed by atoms with Crippen molar-refractivity contribution >= 4 is 34.5 Å². The number of benzene rings is 2. The lowest BCUT2D eigenvalue weighted by atomic mass is 10.2. The van der Waals surface area contributed by atoms with E-state index in [-0.39, 0.29) is 18.0 Å². The molecule has 0 bridgehead atoms. The van der Waals surface area contributed by atoms with E-state index in [4.69, 9.17) is 14.2 Å². The van der Waals surface area contributed by atoms with Crippen LogP contribution in [0.4, 0.5) is 25.5 Å². The Morgan fingerprint density at radius 2 is 1.73 bits per heavy atom. The van der Waals surface area contributed by atoms with Crippen LogP contribution in [0.25, 0.3) is 10.9 Å². The fraction of sp³-hybridized carbons (Fsp3) is 0.154. The maximum Gasteiger partial charge on any atom is 0.333 e. The summed E-state index contributed by atoms with van der Waals surface area (Å²) in [6.07, 6.45) is 3.11. The topological polar surface area (TPSA) is 106 Å². The van der Waals surface area contributed by atoms with Gasteiger partial charge in [0.1, 0.15) is 11.6 Å². The summed E-state index contributed by atoms with van der Waals surface area (Å²) in [7, 11) is 3.04. The number of imide groups is 1. The largest absolute Gasteiger partial charge is 0.493 e. The van der Waals surface area contributed by atoms with Crippen molar-refractivity contribution in [2.75, 3.05) is 37.5 Å². The molecule has 1 N–H and O–H groups in total.